The van der Waals surface area contributed by atoms with E-state index < -0.39 is 11.8 Å². The first kappa shape index (κ1) is 51.7. The summed E-state index contributed by atoms with van der Waals surface area (Å²) < 4.78 is 0. The highest BCUT2D eigenvalue weighted by atomic mass is 16.2. The number of carbonyl (C=O) groups is 5. The fourth-order valence-corrected chi connectivity index (χ4v) is 7.56. The van der Waals surface area contributed by atoms with E-state index in [1.54, 1.807) is 4.90 Å². The second-order valence-corrected chi connectivity index (χ2v) is 17.3. The quantitative estimate of drug-likeness (QED) is 0.0452. The summed E-state index contributed by atoms with van der Waals surface area (Å²) >= 11 is 0. The van der Waals surface area contributed by atoms with Gasteiger partial charge in [0.1, 0.15) is 0 Å². The van der Waals surface area contributed by atoms with E-state index in [9.17, 15) is 24.0 Å². The zero-order valence-corrected chi connectivity index (χ0v) is 39.5. The minimum absolute atomic E-state index is 0.00928. The number of nitrogens with two attached hydrogens (primary N) is 3. The zero-order chi connectivity index (χ0) is 49.2. The summed E-state index contributed by atoms with van der Waals surface area (Å²) in [6, 6.07) is 15.6. The Balaban J connectivity index is 0.000000256. The van der Waals surface area contributed by atoms with Crippen LogP contribution in [0, 0.1) is 0 Å². The molecule has 11 N–H and O–H groups in total. The highest BCUT2D eigenvalue weighted by Gasteiger charge is 2.26. The van der Waals surface area contributed by atoms with E-state index in [4.69, 9.17) is 17.2 Å². The Kier molecular flexibility index (Phi) is 19.4. The van der Waals surface area contributed by atoms with E-state index in [0.717, 1.165) is 43.6 Å². The van der Waals surface area contributed by atoms with Gasteiger partial charge in [-0.2, -0.15) is 9.97 Å². The zero-order valence-electron chi connectivity index (χ0n) is 39.5. The summed E-state index contributed by atoms with van der Waals surface area (Å²) in [5, 5.41) is 31.4. The molecule has 21 heteroatoms. The van der Waals surface area contributed by atoms with Crippen molar-refractivity contribution in [1.29, 1.82) is 0 Å². The average Bonchev–Trinajstić information content (AvgIpc) is 3.32. The van der Waals surface area contributed by atoms with Crippen molar-refractivity contribution in [3.8, 4) is 0 Å². The lowest BCUT2D eigenvalue weighted by molar-refractivity contribution is -0.133. The van der Waals surface area contributed by atoms with Crippen LogP contribution in [0.2, 0.25) is 0 Å². The average molecular weight is 935 g/mol. The molecule has 0 radical (unpaired) electrons. The Hall–Kier alpha value is -7.29. The van der Waals surface area contributed by atoms with Gasteiger partial charge in [0.2, 0.25) is 29.6 Å². The van der Waals surface area contributed by atoms with Crippen molar-refractivity contribution < 1.29 is 24.0 Å². The third-order valence-corrected chi connectivity index (χ3v) is 11.4. The number of likely N-dealkylation sites (tertiary alicyclic amines) is 2. The van der Waals surface area contributed by atoms with Gasteiger partial charge in [0.15, 0.2) is 23.0 Å². The second-order valence-electron chi connectivity index (χ2n) is 17.3. The molecule has 6 rings (SSSR count). The highest BCUT2D eigenvalue weighted by Crippen LogP contribution is 2.25. The van der Waals surface area contributed by atoms with Gasteiger partial charge >= 0.3 is 0 Å². The van der Waals surface area contributed by atoms with Crippen LogP contribution in [0.1, 0.15) is 123 Å². The number of rotatable bonds is 20. The van der Waals surface area contributed by atoms with Crippen molar-refractivity contribution in [1.82, 2.24) is 45.5 Å². The summed E-state index contributed by atoms with van der Waals surface area (Å²) in [5.74, 6) is 0.223. The number of anilines is 6. The molecule has 2 fully saturated rings. The Bertz CT molecular complexity index is 2340. The summed E-state index contributed by atoms with van der Waals surface area (Å²) in [4.78, 5) is 72.4. The van der Waals surface area contributed by atoms with Gasteiger partial charge in [-0.05, 0) is 98.4 Å². The minimum atomic E-state index is -0.735. The summed E-state index contributed by atoms with van der Waals surface area (Å²) in [7, 11) is 0. The molecule has 2 aromatic heterocycles. The Morgan fingerprint density at radius 1 is 0.676 bits per heavy atom. The molecule has 21 nitrogen and oxygen atoms in total. The number of benzene rings is 2. The van der Waals surface area contributed by atoms with Gasteiger partial charge in [0.25, 0.3) is 11.8 Å². The molecule has 2 atom stereocenters. The molecular weight excluding hydrogens is 869 g/mol. The number of hydrogen-bond acceptors (Lipinski definition) is 16. The van der Waals surface area contributed by atoms with Crippen molar-refractivity contribution >= 4 is 64.4 Å². The molecule has 68 heavy (non-hydrogen) atoms. The molecule has 2 saturated heterocycles. The van der Waals surface area contributed by atoms with Crippen LogP contribution in [0.5, 0.6) is 0 Å². The second kappa shape index (κ2) is 25.6. The first-order valence-corrected chi connectivity index (χ1v) is 23.2. The van der Waals surface area contributed by atoms with Crippen molar-refractivity contribution in [2.24, 2.45) is 17.2 Å². The SMILES string of the molecule is C=CC(=O)NCCCC(=O)N1CCC[C@H](Nc2nnc(C(N)=O)c(Nc3ccc(C(C)C)cc3)n2)C1.CC(C)c1ccc(Nc2nc(N[C@H]3CCCN(C(=O)CCCN)C3)nnc2C(N)=O)cc1. The summed E-state index contributed by atoms with van der Waals surface area (Å²) in [6.45, 7) is 15.3. The van der Waals surface area contributed by atoms with Gasteiger partial charge in [-0.1, -0.05) is 58.5 Å². The van der Waals surface area contributed by atoms with Gasteiger partial charge in [-0.3, -0.25) is 24.0 Å². The lowest BCUT2D eigenvalue weighted by atomic mass is 10.0. The lowest BCUT2D eigenvalue weighted by Crippen LogP contribution is -2.45. The molecule has 2 aromatic carbocycles. The fourth-order valence-electron chi connectivity index (χ4n) is 7.56. The van der Waals surface area contributed by atoms with Crippen LogP contribution < -0.4 is 43.8 Å². The smallest absolute Gasteiger partial charge is 0.273 e. The number of piperidine rings is 2. The predicted molar refractivity (Wildman–Crippen MR) is 261 cm³/mol. The van der Waals surface area contributed by atoms with E-state index in [1.807, 2.05) is 53.4 Å². The first-order chi connectivity index (χ1) is 32.6. The van der Waals surface area contributed by atoms with Crippen molar-refractivity contribution in [2.45, 2.75) is 103 Å². The maximum atomic E-state index is 12.6. The maximum absolute atomic E-state index is 12.6. The highest BCUT2D eigenvalue weighted by molar-refractivity contribution is 5.96. The van der Waals surface area contributed by atoms with Gasteiger partial charge in [0.05, 0.1) is 0 Å². The van der Waals surface area contributed by atoms with Crippen molar-refractivity contribution in [3.05, 3.63) is 83.7 Å². The summed E-state index contributed by atoms with van der Waals surface area (Å²) in [5.41, 5.74) is 20.3. The monoisotopic (exact) mass is 935 g/mol. The number of nitrogens with one attached hydrogen (secondary N) is 5. The number of primary amides is 2. The molecule has 0 bridgehead atoms. The van der Waals surface area contributed by atoms with Crippen LogP contribution in [0.15, 0.2) is 61.2 Å². The molecule has 0 unspecified atom stereocenters. The molecule has 5 amide bonds. The van der Waals surface area contributed by atoms with E-state index in [2.05, 4.69) is 91.2 Å². The maximum Gasteiger partial charge on any atom is 0.273 e. The van der Waals surface area contributed by atoms with E-state index in [0.29, 0.717) is 70.2 Å². The predicted octanol–water partition coefficient (Wildman–Crippen LogP) is 4.30. The van der Waals surface area contributed by atoms with E-state index in [1.165, 1.54) is 17.2 Å². The molecule has 4 aromatic rings. The van der Waals surface area contributed by atoms with Crippen LogP contribution in [0.25, 0.3) is 0 Å². The normalized spacial score (nSPS) is 15.7. The minimum Gasteiger partial charge on any atom is -0.364 e. The number of amides is 5. The Morgan fingerprint density at radius 2 is 1.10 bits per heavy atom. The van der Waals surface area contributed by atoms with Gasteiger partial charge in [0, 0.05) is 69.0 Å². The molecule has 2 aliphatic rings. The molecule has 364 valence electrons. The number of aromatic nitrogens is 6. The summed E-state index contributed by atoms with van der Waals surface area (Å²) in [6.07, 6.45) is 6.67. The first-order valence-electron chi connectivity index (χ1n) is 23.2. The van der Waals surface area contributed by atoms with Crippen LogP contribution in [-0.4, -0.2) is 121 Å². The molecule has 0 saturated carbocycles. The topological polar surface area (TPSA) is 307 Å². The molecule has 2 aliphatic heterocycles. The van der Waals surface area contributed by atoms with Crippen molar-refractivity contribution in [2.75, 3.05) is 60.5 Å². The van der Waals surface area contributed by atoms with Crippen molar-refractivity contribution in [3.63, 3.8) is 0 Å². The van der Waals surface area contributed by atoms with Crippen LogP contribution in [-0.2, 0) is 14.4 Å². The lowest BCUT2D eigenvalue weighted by Gasteiger charge is -2.33. The number of carbonyl (C=O) groups excluding carboxylic acids is 5. The van der Waals surface area contributed by atoms with Gasteiger partial charge in [-0.25, -0.2) is 0 Å². The Labute approximate surface area is 397 Å². The number of nitrogens with zero attached hydrogens (tertiary/aromatic N) is 8. The van der Waals surface area contributed by atoms with Crippen LogP contribution in [0.4, 0.5) is 34.9 Å². The molecular formula is C47H66N16O5. The van der Waals surface area contributed by atoms with Gasteiger partial charge < -0.3 is 53.6 Å². The molecule has 0 spiro atoms. The van der Waals surface area contributed by atoms with Crippen LogP contribution in [0.3, 0.4) is 0 Å². The largest absolute Gasteiger partial charge is 0.364 e. The van der Waals surface area contributed by atoms with E-state index >= 15 is 0 Å². The fraction of sp³-hybridized carbons (Fsp3) is 0.468. The molecule has 4 heterocycles. The van der Waals surface area contributed by atoms with Gasteiger partial charge in [-0.15, -0.1) is 20.4 Å². The molecule has 0 aliphatic carbocycles. The number of hydrogen-bond donors (Lipinski definition) is 8. The third kappa shape index (κ3) is 15.7. The standard InChI is InChI=1S/C25H34N8O3.C22H32N8O2/c1-4-20(34)27-13-5-8-21(35)33-14-6-7-19(15-33)29-25-30-24(22(23(26)36)31-32-25)28-18-11-9-17(10-12-18)16(2)3;1-14(2)15-7-9-16(10-8-15)25-21-19(20(24)32)28-29-22(27-21)26-17-5-4-12-30(13-17)18(31)6-3-11-23/h4,9-12,16,19H,1,5-8,13-15H2,2-3H3,(H2,26,36)(H,27,34)(H2,28,29,30,32);7-10,14,17H,3-6,11-13,23H2,1-2H3,(H2,24,32)(H2,25,26,27,29)/t19-;17-/m00/s1. The Morgan fingerprint density at radius 3 is 1.49 bits per heavy atom. The van der Waals surface area contributed by atoms with E-state index in [-0.39, 0.29) is 64.7 Å². The van der Waals surface area contributed by atoms with Crippen LogP contribution >= 0.6 is 0 Å². The third-order valence-electron chi connectivity index (χ3n) is 11.4.